The Labute approximate surface area is 200 Å². The van der Waals surface area contributed by atoms with Crippen LogP contribution in [0, 0.1) is 0 Å². The SMILES string of the molecule is CCc1nc(C2=C(N)Oc3c(ccc4c3C=CCC4)C2c2cc(Br)c(OC)c(OC)c2)no1. The first-order valence-electron chi connectivity index (χ1n) is 10.8. The topological polar surface area (TPSA) is 92.6 Å². The van der Waals surface area contributed by atoms with E-state index in [1.807, 2.05) is 19.1 Å². The predicted molar refractivity (Wildman–Crippen MR) is 128 cm³/mol. The molecule has 5 rings (SSSR count). The smallest absolute Gasteiger partial charge is 0.226 e. The summed E-state index contributed by atoms with van der Waals surface area (Å²) in [5, 5.41) is 4.21. The highest BCUT2D eigenvalue weighted by molar-refractivity contribution is 9.10. The normalized spacial score (nSPS) is 16.8. The Kier molecular flexibility index (Phi) is 5.62. The van der Waals surface area contributed by atoms with Gasteiger partial charge in [-0.2, -0.15) is 4.98 Å². The minimum atomic E-state index is -0.298. The summed E-state index contributed by atoms with van der Waals surface area (Å²) in [7, 11) is 3.23. The van der Waals surface area contributed by atoms with Gasteiger partial charge in [-0.1, -0.05) is 36.4 Å². The van der Waals surface area contributed by atoms with Crippen molar-refractivity contribution in [3.63, 3.8) is 0 Å². The molecule has 0 bridgehead atoms. The van der Waals surface area contributed by atoms with Gasteiger partial charge in [-0.3, -0.25) is 0 Å². The largest absolute Gasteiger partial charge is 0.493 e. The minimum absolute atomic E-state index is 0.259. The second-order valence-corrected chi connectivity index (χ2v) is 8.77. The summed E-state index contributed by atoms with van der Waals surface area (Å²) in [6.45, 7) is 1.96. The molecule has 1 atom stereocenters. The van der Waals surface area contributed by atoms with Gasteiger partial charge in [0.1, 0.15) is 5.75 Å². The fourth-order valence-electron chi connectivity index (χ4n) is 4.50. The molecule has 3 aromatic rings. The van der Waals surface area contributed by atoms with Crippen molar-refractivity contribution in [3.8, 4) is 17.2 Å². The van der Waals surface area contributed by atoms with Crippen LogP contribution in [0.15, 0.2) is 45.2 Å². The number of hydrogen-bond donors (Lipinski definition) is 1. The molecule has 1 unspecified atom stereocenters. The van der Waals surface area contributed by atoms with E-state index in [9.17, 15) is 0 Å². The number of fused-ring (bicyclic) bond motifs is 3. The molecule has 1 aromatic heterocycles. The minimum Gasteiger partial charge on any atom is -0.493 e. The lowest BCUT2D eigenvalue weighted by Crippen LogP contribution is -2.23. The van der Waals surface area contributed by atoms with E-state index in [0.29, 0.717) is 35.2 Å². The molecule has 2 heterocycles. The number of benzene rings is 2. The quantitative estimate of drug-likeness (QED) is 0.503. The Hall–Kier alpha value is -3.26. The van der Waals surface area contributed by atoms with Crippen LogP contribution in [0.1, 0.15) is 53.2 Å². The molecule has 0 fully saturated rings. The van der Waals surface area contributed by atoms with Gasteiger partial charge in [0.2, 0.25) is 11.7 Å². The molecule has 2 aliphatic rings. The zero-order chi connectivity index (χ0) is 23.1. The number of nitrogens with zero attached hydrogens (tertiary/aromatic N) is 2. The van der Waals surface area contributed by atoms with Crippen molar-refractivity contribution < 1.29 is 18.7 Å². The zero-order valence-electron chi connectivity index (χ0n) is 18.6. The second kappa shape index (κ2) is 8.59. The van der Waals surface area contributed by atoms with Crippen LogP contribution in [0.25, 0.3) is 11.6 Å². The third-order valence-electron chi connectivity index (χ3n) is 6.06. The molecule has 1 aliphatic carbocycles. The maximum Gasteiger partial charge on any atom is 0.226 e. The van der Waals surface area contributed by atoms with E-state index in [1.54, 1.807) is 14.2 Å². The summed E-state index contributed by atoms with van der Waals surface area (Å²) < 4.78 is 23.6. The Balaban J connectivity index is 1.77. The molecule has 0 saturated heterocycles. The van der Waals surface area contributed by atoms with Crippen LogP contribution in [0.5, 0.6) is 17.2 Å². The van der Waals surface area contributed by atoms with Crippen molar-refractivity contribution >= 4 is 27.6 Å². The number of rotatable bonds is 5. The molecular formula is C25H24BrN3O4. The molecular weight excluding hydrogens is 486 g/mol. The Morgan fingerprint density at radius 3 is 2.79 bits per heavy atom. The van der Waals surface area contributed by atoms with Crippen molar-refractivity contribution in [1.82, 2.24) is 10.1 Å². The van der Waals surface area contributed by atoms with E-state index in [-0.39, 0.29) is 11.8 Å². The molecule has 2 N–H and O–H groups in total. The second-order valence-electron chi connectivity index (χ2n) is 7.91. The average molecular weight is 510 g/mol. The number of halogens is 1. The molecule has 0 spiro atoms. The van der Waals surface area contributed by atoms with E-state index >= 15 is 0 Å². The van der Waals surface area contributed by atoms with Gasteiger partial charge < -0.3 is 24.5 Å². The maximum atomic E-state index is 6.55. The van der Waals surface area contributed by atoms with Gasteiger partial charge in [-0.05, 0) is 52.0 Å². The fourth-order valence-corrected chi connectivity index (χ4v) is 5.12. The third-order valence-corrected chi connectivity index (χ3v) is 6.65. The van der Waals surface area contributed by atoms with Crippen LogP contribution in [0.3, 0.4) is 0 Å². The van der Waals surface area contributed by atoms with Crippen molar-refractivity contribution in [2.24, 2.45) is 5.73 Å². The summed E-state index contributed by atoms with van der Waals surface area (Å²) in [5.74, 6) is 2.90. The van der Waals surface area contributed by atoms with Crippen LogP contribution < -0.4 is 19.9 Å². The summed E-state index contributed by atoms with van der Waals surface area (Å²) in [5.41, 5.74) is 11.4. The fraction of sp³-hybridized carbons (Fsp3) is 0.280. The molecule has 33 heavy (non-hydrogen) atoms. The number of ether oxygens (including phenoxy) is 3. The molecule has 7 nitrogen and oxygen atoms in total. The van der Waals surface area contributed by atoms with Crippen molar-refractivity contribution in [2.75, 3.05) is 14.2 Å². The molecule has 0 radical (unpaired) electrons. The van der Waals surface area contributed by atoms with Gasteiger partial charge in [0.15, 0.2) is 17.4 Å². The van der Waals surface area contributed by atoms with E-state index in [0.717, 1.165) is 39.8 Å². The van der Waals surface area contributed by atoms with Gasteiger partial charge >= 0.3 is 0 Å². The number of nitrogens with two attached hydrogens (primary N) is 1. The third kappa shape index (κ3) is 3.58. The summed E-state index contributed by atoms with van der Waals surface area (Å²) in [6, 6.07) is 8.23. The highest BCUT2D eigenvalue weighted by atomic mass is 79.9. The van der Waals surface area contributed by atoms with E-state index in [4.69, 9.17) is 24.5 Å². The molecule has 8 heteroatoms. The average Bonchev–Trinajstić information content (AvgIpc) is 3.31. The highest BCUT2D eigenvalue weighted by Crippen LogP contribution is 2.50. The molecule has 170 valence electrons. The van der Waals surface area contributed by atoms with Gasteiger partial charge in [-0.25, -0.2) is 0 Å². The van der Waals surface area contributed by atoms with Gasteiger partial charge in [0.25, 0.3) is 0 Å². The van der Waals surface area contributed by atoms with Gasteiger partial charge in [0.05, 0.1) is 24.3 Å². The highest BCUT2D eigenvalue weighted by Gasteiger charge is 2.36. The van der Waals surface area contributed by atoms with Crippen molar-refractivity contribution in [1.29, 1.82) is 0 Å². The number of allylic oxidation sites excluding steroid dienone is 2. The molecule has 2 aromatic carbocycles. The monoisotopic (exact) mass is 509 g/mol. The number of methoxy groups -OCH3 is 2. The van der Waals surface area contributed by atoms with Crippen LogP contribution in [0.4, 0.5) is 0 Å². The van der Waals surface area contributed by atoms with Gasteiger partial charge in [0, 0.05) is 23.5 Å². The van der Waals surface area contributed by atoms with Crippen molar-refractivity contribution in [2.45, 2.75) is 32.1 Å². The van der Waals surface area contributed by atoms with E-state index in [2.05, 4.69) is 50.4 Å². The summed E-state index contributed by atoms with van der Waals surface area (Å²) in [6.07, 6.45) is 6.88. The standard InChI is InChI=1S/C25H24BrN3O4/c1-4-19-28-25(29-33-19)21-20(14-11-17(26)23(31-3)18(12-14)30-2)16-10-9-13-7-5-6-8-15(13)22(16)32-24(21)27/h6,8-12,20H,4-5,7,27H2,1-3H3. The lowest BCUT2D eigenvalue weighted by Gasteiger charge is -2.31. The zero-order valence-corrected chi connectivity index (χ0v) is 20.2. The maximum absolute atomic E-state index is 6.55. The first-order chi connectivity index (χ1) is 16.0. The number of aryl methyl sites for hydroxylation is 2. The first kappa shape index (κ1) is 21.6. The summed E-state index contributed by atoms with van der Waals surface area (Å²) in [4.78, 5) is 4.56. The summed E-state index contributed by atoms with van der Waals surface area (Å²) >= 11 is 3.63. The Bertz CT molecular complexity index is 1300. The molecule has 0 saturated carbocycles. The van der Waals surface area contributed by atoms with Gasteiger partial charge in [-0.15, -0.1) is 0 Å². The van der Waals surface area contributed by atoms with Crippen LogP contribution >= 0.6 is 15.9 Å². The van der Waals surface area contributed by atoms with E-state index in [1.165, 1.54) is 5.56 Å². The number of hydrogen-bond acceptors (Lipinski definition) is 7. The lowest BCUT2D eigenvalue weighted by atomic mass is 9.80. The number of aromatic nitrogens is 2. The molecule has 1 aliphatic heterocycles. The predicted octanol–water partition coefficient (Wildman–Crippen LogP) is 5.22. The van der Waals surface area contributed by atoms with Crippen LogP contribution in [0.2, 0.25) is 0 Å². The van der Waals surface area contributed by atoms with Crippen LogP contribution in [-0.2, 0) is 12.8 Å². The lowest BCUT2D eigenvalue weighted by molar-refractivity contribution is 0.352. The van der Waals surface area contributed by atoms with Crippen LogP contribution in [-0.4, -0.2) is 24.4 Å². The first-order valence-corrected chi connectivity index (χ1v) is 11.6. The van der Waals surface area contributed by atoms with E-state index < -0.39 is 0 Å². The molecule has 0 amide bonds. The van der Waals surface area contributed by atoms with Crippen molar-refractivity contribution in [3.05, 3.63) is 74.7 Å². The Morgan fingerprint density at radius 1 is 1.21 bits per heavy atom. The Morgan fingerprint density at radius 2 is 2.06 bits per heavy atom.